The summed E-state index contributed by atoms with van der Waals surface area (Å²) in [6.45, 7) is 3.32. The Morgan fingerprint density at radius 1 is 1.25 bits per heavy atom. The van der Waals surface area contributed by atoms with E-state index in [9.17, 15) is 24.6 Å². The highest BCUT2D eigenvalue weighted by molar-refractivity contribution is 5.93. The number of aromatic nitrogens is 2. The first-order chi connectivity index (χ1) is 19.1. The average Bonchev–Trinajstić information content (AvgIpc) is 3.74. The molecule has 7 rings (SSSR count). The summed E-state index contributed by atoms with van der Waals surface area (Å²) in [5, 5.41) is 25.6. The Morgan fingerprint density at radius 2 is 2.02 bits per heavy atom. The number of aryl methyl sites for hydroxylation is 1. The minimum atomic E-state index is -1.96. The molecule has 0 saturated heterocycles. The van der Waals surface area contributed by atoms with Crippen molar-refractivity contribution < 1.29 is 28.9 Å². The summed E-state index contributed by atoms with van der Waals surface area (Å²) in [7, 11) is 0. The zero-order chi connectivity index (χ0) is 28.1. The quantitative estimate of drug-likeness (QED) is 0.335. The van der Waals surface area contributed by atoms with E-state index in [2.05, 4.69) is 5.32 Å². The van der Waals surface area contributed by atoms with E-state index < -0.39 is 29.6 Å². The molecule has 3 aromatic rings. The molecule has 2 aliphatic carbocycles. The third kappa shape index (κ3) is 3.45. The number of cyclic esters (lactones) is 1. The summed E-state index contributed by atoms with van der Waals surface area (Å²) in [5.74, 6) is -1.65. The van der Waals surface area contributed by atoms with Gasteiger partial charge in [-0.25, -0.2) is 14.2 Å². The van der Waals surface area contributed by atoms with Gasteiger partial charge in [0.05, 0.1) is 35.1 Å². The summed E-state index contributed by atoms with van der Waals surface area (Å²) in [5.41, 5.74) is 2.26. The Labute approximate surface area is 229 Å². The molecule has 4 heterocycles. The number of rotatable bonds is 4. The first-order valence-corrected chi connectivity index (χ1v) is 13.9. The molecule has 2 aromatic heterocycles. The minimum Gasteiger partial charge on any atom is -0.458 e. The number of nitrogens with one attached hydrogen (secondary N) is 1. The van der Waals surface area contributed by atoms with Gasteiger partial charge in [0.1, 0.15) is 18.5 Å². The summed E-state index contributed by atoms with van der Waals surface area (Å²) in [6.07, 6.45) is 2.44. The number of aliphatic hydroxyl groups is 2. The molecule has 0 radical (unpaired) electrons. The number of amides is 1. The number of esters is 1. The molecule has 0 unspecified atom stereocenters. The van der Waals surface area contributed by atoms with Crippen molar-refractivity contribution in [3.8, 4) is 11.4 Å². The molecule has 1 aromatic carbocycles. The maximum atomic E-state index is 15.1. The molecule has 0 spiro atoms. The van der Waals surface area contributed by atoms with Gasteiger partial charge in [0.2, 0.25) is 5.91 Å². The largest absolute Gasteiger partial charge is 0.458 e. The smallest absolute Gasteiger partial charge is 0.343 e. The number of hydrogen-bond donors (Lipinski definition) is 3. The van der Waals surface area contributed by atoms with E-state index in [0.717, 1.165) is 34.9 Å². The van der Waals surface area contributed by atoms with Crippen molar-refractivity contribution in [3.63, 3.8) is 0 Å². The van der Waals surface area contributed by atoms with E-state index in [4.69, 9.17) is 9.72 Å². The second kappa shape index (κ2) is 8.68. The van der Waals surface area contributed by atoms with Crippen molar-refractivity contribution in [2.75, 3.05) is 0 Å². The molecule has 1 amide bonds. The van der Waals surface area contributed by atoms with E-state index in [1.807, 2.05) is 0 Å². The van der Waals surface area contributed by atoms with Gasteiger partial charge in [0.15, 0.2) is 5.60 Å². The van der Waals surface area contributed by atoms with Crippen LogP contribution in [0.1, 0.15) is 78.5 Å². The molecule has 2 aliphatic heterocycles. The Balaban J connectivity index is 1.47. The van der Waals surface area contributed by atoms with Crippen LogP contribution in [-0.2, 0) is 39.5 Å². The van der Waals surface area contributed by atoms with Crippen LogP contribution in [0.15, 0.2) is 16.9 Å². The molecule has 40 heavy (non-hydrogen) atoms. The van der Waals surface area contributed by atoms with Gasteiger partial charge in [0.25, 0.3) is 5.56 Å². The zero-order valence-corrected chi connectivity index (χ0v) is 22.3. The number of fused-ring (bicyclic) bond motifs is 5. The number of pyridine rings is 2. The zero-order valence-electron chi connectivity index (χ0n) is 22.3. The van der Waals surface area contributed by atoms with Gasteiger partial charge in [-0.3, -0.25) is 9.59 Å². The molecule has 9 nitrogen and oxygen atoms in total. The van der Waals surface area contributed by atoms with Gasteiger partial charge in [0, 0.05) is 22.6 Å². The highest BCUT2D eigenvalue weighted by atomic mass is 19.1. The second-order valence-corrected chi connectivity index (χ2v) is 11.5. The van der Waals surface area contributed by atoms with Crippen LogP contribution < -0.4 is 10.9 Å². The predicted octanol–water partition coefficient (Wildman–Crippen LogP) is 2.79. The SMILES string of the molecule is CC[C@@]1(O)C(=O)OCc2c1cc1n(c2=O)Cc2c-1nc1cc(F)c(C)c3c1c2[C@@H](NC(=O)[C@@H](O)C1CC1)CCC3. The number of hydrogen-bond acceptors (Lipinski definition) is 7. The Kier molecular flexibility index (Phi) is 5.50. The third-order valence-electron chi connectivity index (χ3n) is 9.27. The normalized spacial score (nSPS) is 23.6. The van der Waals surface area contributed by atoms with Gasteiger partial charge >= 0.3 is 5.97 Å². The standard InChI is InChI=1S/C30H30FN3O6/c1-3-30(39)18-9-22-25-16(11-34(22)28(37)17(18)12-40-29(30)38)24-20(33-27(36)26(35)14-7-8-14)6-4-5-15-13(2)19(31)10-21(32-25)23(15)24/h9-10,14,20,26,35,39H,3-8,11-12H2,1-2H3,(H,33,36)/t20-,26-,30-/m0/s1. The van der Waals surface area contributed by atoms with Crippen molar-refractivity contribution in [2.24, 2.45) is 5.92 Å². The molecule has 3 atom stereocenters. The number of benzene rings is 1. The van der Waals surface area contributed by atoms with Crippen LogP contribution in [0.2, 0.25) is 0 Å². The van der Waals surface area contributed by atoms with Crippen molar-refractivity contribution in [1.29, 1.82) is 0 Å². The second-order valence-electron chi connectivity index (χ2n) is 11.5. The molecule has 10 heteroatoms. The molecule has 0 bridgehead atoms. The third-order valence-corrected chi connectivity index (χ3v) is 9.27. The summed E-state index contributed by atoms with van der Waals surface area (Å²) in [4.78, 5) is 44.2. The fraction of sp³-hybridized carbons (Fsp3) is 0.467. The molecule has 3 N–H and O–H groups in total. The van der Waals surface area contributed by atoms with Crippen LogP contribution in [0, 0.1) is 18.7 Å². The molecule has 1 fully saturated rings. The van der Waals surface area contributed by atoms with E-state index in [-0.39, 0.29) is 48.0 Å². The predicted molar refractivity (Wildman–Crippen MR) is 142 cm³/mol. The van der Waals surface area contributed by atoms with E-state index in [1.54, 1.807) is 24.5 Å². The lowest BCUT2D eigenvalue weighted by molar-refractivity contribution is -0.172. The fourth-order valence-electron chi connectivity index (χ4n) is 6.78. The lowest BCUT2D eigenvalue weighted by Crippen LogP contribution is -2.44. The minimum absolute atomic E-state index is 0.0241. The van der Waals surface area contributed by atoms with Gasteiger partial charge in [-0.05, 0) is 74.1 Å². The highest BCUT2D eigenvalue weighted by Crippen LogP contribution is 2.45. The maximum Gasteiger partial charge on any atom is 0.343 e. The van der Waals surface area contributed by atoms with Gasteiger partial charge in [-0.2, -0.15) is 0 Å². The fourth-order valence-corrected chi connectivity index (χ4v) is 6.78. The number of carbonyl (C=O) groups is 2. The molecule has 1 saturated carbocycles. The lowest BCUT2D eigenvalue weighted by atomic mass is 9.86. The lowest BCUT2D eigenvalue weighted by Gasteiger charge is -2.31. The first kappa shape index (κ1) is 25.3. The first-order valence-electron chi connectivity index (χ1n) is 13.9. The van der Waals surface area contributed by atoms with E-state index in [0.29, 0.717) is 41.7 Å². The van der Waals surface area contributed by atoms with Crippen molar-refractivity contribution in [1.82, 2.24) is 14.9 Å². The van der Waals surface area contributed by atoms with Crippen LogP contribution in [0.5, 0.6) is 0 Å². The van der Waals surface area contributed by atoms with E-state index in [1.165, 1.54) is 6.07 Å². The Morgan fingerprint density at radius 3 is 2.75 bits per heavy atom. The molecular weight excluding hydrogens is 517 g/mol. The van der Waals surface area contributed by atoms with Gasteiger partial charge < -0.3 is 24.8 Å². The molecular formula is C30H30FN3O6. The van der Waals surface area contributed by atoms with Crippen molar-refractivity contribution >= 4 is 22.8 Å². The topological polar surface area (TPSA) is 131 Å². The summed E-state index contributed by atoms with van der Waals surface area (Å²) in [6, 6.07) is 2.55. The number of ether oxygens (including phenoxy) is 1. The van der Waals surface area contributed by atoms with Crippen LogP contribution >= 0.6 is 0 Å². The number of aliphatic hydroxyl groups excluding tert-OH is 1. The summed E-state index contributed by atoms with van der Waals surface area (Å²) < 4.78 is 21.9. The number of nitrogens with zero attached hydrogens (tertiary/aromatic N) is 2. The van der Waals surface area contributed by atoms with Crippen LogP contribution in [0.3, 0.4) is 0 Å². The van der Waals surface area contributed by atoms with Gasteiger partial charge in [-0.15, -0.1) is 0 Å². The van der Waals surface area contributed by atoms with E-state index >= 15 is 4.39 Å². The molecule has 4 aliphatic rings. The number of halogens is 1. The Hall–Kier alpha value is -3.63. The number of carbonyl (C=O) groups excluding carboxylic acids is 2. The van der Waals surface area contributed by atoms with Crippen molar-refractivity contribution in [2.45, 2.75) is 83.3 Å². The van der Waals surface area contributed by atoms with Crippen LogP contribution in [0.25, 0.3) is 22.3 Å². The highest BCUT2D eigenvalue weighted by Gasteiger charge is 2.46. The van der Waals surface area contributed by atoms with Gasteiger partial charge in [-0.1, -0.05) is 6.92 Å². The maximum absolute atomic E-state index is 15.1. The van der Waals surface area contributed by atoms with Crippen molar-refractivity contribution in [3.05, 3.63) is 61.7 Å². The molecule has 208 valence electrons. The Bertz CT molecular complexity index is 1710. The monoisotopic (exact) mass is 547 g/mol. The summed E-state index contributed by atoms with van der Waals surface area (Å²) >= 11 is 0. The van der Waals surface area contributed by atoms with Crippen LogP contribution in [-0.4, -0.2) is 37.7 Å². The van der Waals surface area contributed by atoms with Crippen LogP contribution in [0.4, 0.5) is 4.39 Å². The average molecular weight is 548 g/mol.